The van der Waals surface area contributed by atoms with Crippen LogP contribution in [0.5, 0.6) is 0 Å². The van der Waals surface area contributed by atoms with Gasteiger partial charge >= 0.3 is 0 Å². The maximum atomic E-state index is 9.50. The second kappa shape index (κ2) is 5.46. The Balaban J connectivity index is 1.98. The smallest absolute Gasteiger partial charge is 0.0972 e. The largest absolute Gasteiger partial charge is 0.401 e. The van der Waals surface area contributed by atoms with Gasteiger partial charge in [0.05, 0.1) is 11.6 Å². The molecule has 0 saturated heterocycles. The summed E-state index contributed by atoms with van der Waals surface area (Å²) in [5.41, 5.74) is 11.3. The average Bonchev–Trinajstić information content (AvgIpc) is 2.85. The predicted molar refractivity (Wildman–Crippen MR) is 84.5 cm³/mol. The second-order valence-corrected chi connectivity index (χ2v) is 5.64. The van der Waals surface area contributed by atoms with Gasteiger partial charge in [0.2, 0.25) is 0 Å². The second-order valence-electron chi connectivity index (χ2n) is 5.64. The predicted octanol–water partition coefficient (Wildman–Crippen LogP) is 4.00. The summed E-state index contributed by atoms with van der Waals surface area (Å²) in [5, 5.41) is 9.50. The van der Waals surface area contributed by atoms with Gasteiger partial charge in [-0.2, -0.15) is 5.26 Å². The summed E-state index contributed by atoms with van der Waals surface area (Å²) in [7, 11) is 0. The lowest BCUT2D eigenvalue weighted by atomic mass is 9.89. The Morgan fingerprint density at radius 3 is 2.19 bits per heavy atom. The summed E-state index contributed by atoms with van der Waals surface area (Å²) in [4.78, 5) is 0. The van der Waals surface area contributed by atoms with E-state index in [2.05, 4.69) is 49.4 Å². The van der Waals surface area contributed by atoms with Crippen molar-refractivity contribution < 1.29 is 0 Å². The van der Waals surface area contributed by atoms with Crippen LogP contribution in [0.4, 0.5) is 0 Å². The number of nitrogens with zero attached hydrogens (tertiary/aromatic N) is 1. The molecule has 0 radical (unpaired) electrons. The third-order valence-corrected chi connectivity index (χ3v) is 4.31. The molecule has 1 aliphatic carbocycles. The molecule has 0 bridgehead atoms. The van der Waals surface area contributed by atoms with Gasteiger partial charge in [-0.25, -0.2) is 0 Å². The topological polar surface area (TPSA) is 49.8 Å². The Hall–Kier alpha value is -2.53. The first kappa shape index (κ1) is 13.5. The van der Waals surface area contributed by atoms with Crippen LogP contribution >= 0.6 is 0 Å². The Bertz CT molecular complexity index is 705. The summed E-state index contributed by atoms with van der Waals surface area (Å²) in [6.45, 7) is 2.07. The highest BCUT2D eigenvalue weighted by atomic mass is 14.6. The van der Waals surface area contributed by atoms with E-state index < -0.39 is 0 Å². The van der Waals surface area contributed by atoms with E-state index in [1.165, 1.54) is 16.7 Å². The van der Waals surface area contributed by atoms with E-state index in [4.69, 9.17) is 5.73 Å². The SMILES string of the molecule is Cc1ccc(C2CC(c3ccccc3)C(N)=C2C#N)cc1. The fourth-order valence-corrected chi connectivity index (χ4v) is 3.11. The molecule has 3 rings (SSSR count). The highest BCUT2D eigenvalue weighted by Gasteiger charge is 2.34. The molecule has 2 atom stereocenters. The third-order valence-electron chi connectivity index (χ3n) is 4.31. The first-order valence-corrected chi connectivity index (χ1v) is 7.22. The monoisotopic (exact) mass is 274 g/mol. The van der Waals surface area contributed by atoms with Gasteiger partial charge in [0.15, 0.2) is 0 Å². The number of rotatable bonds is 2. The van der Waals surface area contributed by atoms with E-state index in [1.807, 2.05) is 18.2 Å². The van der Waals surface area contributed by atoms with Crippen molar-refractivity contribution in [3.63, 3.8) is 0 Å². The van der Waals surface area contributed by atoms with Crippen molar-refractivity contribution in [2.24, 2.45) is 5.73 Å². The number of allylic oxidation sites excluding steroid dienone is 2. The van der Waals surface area contributed by atoms with Crippen molar-refractivity contribution in [1.29, 1.82) is 5.26 Å². The molecule has 0 fully saturated rings. The number of benzene rings is 2. The molecule has 2 N–H and O–H groups in total. The molecule has 0 amide bonds. The van der Waals surface area contributed by atoms with Crippen LogP contribution in [0.2, 0.25) is 0 Å². The van der Waals surface area contributed by atoms with Crippen LogP contribution in [0.15, 0.2) is 65.9 Å². The molecule has 2 aromatic carbocycles. The Labute approximate surface area is 125 Å². The van der Waals surface area contributed by atoms with E-state index in [0.29, 0.717) is 0 Å². The van der Waals surface area contributed by atoms with Crippen LogP contribution in [-0.4, -0.2) is 0 Å². The normalized spacial score (nSPS) is 21.3. The van der Waals surface area contributed by atoms with Gasteiger partial charge in [-0.3, -0.25) is 0 Å². The number of hydrogen-bond donors (Lipinski definition) is 1. The molecule has 1 aliphatic rings. The molecule has 0 saturated carbocycles. The highest BCUT2D eigenvalue weighted by molar-refractivity contribution is 5.48. The maximum Gasteiger partial charge on any atom is 0.0972 e. The van der Waals surface area contributed by atoms with E-state index in [0.717, 1.165) is 17.7 Å². The van der Waals surface area contributed by atoms with Gasteiger partial charge < -0.3 is 5.73 Å². The highest BCUT2D eigenvalue weighted by Crippen LogP contribution is 2.45. The number of nitrogens with two attached hydrogens (primary N) is 1. The Kier molecular flexibility index (Phi) is 3.50. The maximum absolute atomic E-state index is 9.50. The van der Waals surface area contributed by atoms with Gasteiger partial charge in [0, 0.05) is 17.5 Å². The lowest BCUT2D eigenvalue weighted by Crippen LogP contribution is -2.06. The van der Waals surface area contributed by atoms with E-state index >= 15 is 0 Å². The fraction of sp³-hybridized carbons (Fsp3) is 0.211. The molecule has 0 heterocycles. The summed E-state index contributed by atoms with van der Waals surface area (Å²) in [6, 6.07) is 21.0. The van der Waals surface area contributed by atoms with Gasteiger partial charge in [0.25, 0.3) is 0 Å². The molecular formula is C19H18N2. The van der Waals surface area contributed by atoms with Crippen LogP contribution < -0.4 is 5.73 Å². The van der Waals surface area contributed by atoms with Crippen molar-refractivity contribution in [2.45, 2.75) is 25.2 Å². The molecule has 0 aliphatic heterocycles. The molecule has 0 aromatic heterocycles. The van der Waals surface area contributed by atoms with Gasteiger partial charge in [-0.1, -0.05) is 60.2 Å². The van der Waals surface area contributed by atoms with Gasteiger partial charge in [-0.05, 0) is 24.5 Å². The quantitative estimate of drug-likeness (QED) is 0.899. The Morgan fingerprint density at radius 2 is 1.57 bits per heavy atom. The Morgan fingerprint density at radius 1 is 0.952 bits per heavy atom. The lowest BCUT2D eigenvalue weighted by Gasteiger charge is -2.14. The minimum Gasteiger partial charge on any atom is -0.401 e. The zero-order chi connectivity index (χ0) is 14.8. The van der Waals surface area contributed by atoms with Crippen LogP contribution in [0, 0.1) is 18.3 Å². The van der Waals surface area contributed by atoms with Crippen LogP contribution in [0.25, 0.3) is 0 Å². The first-order chi connectivity index (χ1) is 10.2. The zero-order valence-corrected chi connectivity index (χ0v) is 12.1. The third kappa shape index (κ3) is 2.43. The number of hydrogen-bond acceptors (Lipinski definition) is 2. The summed E-state index contributed by atoms with van der Waals surface area (Å²) in [5.74, 6) is 0.257. The molecule has 2 aromatic rings. The van der Waals surface area contributed by atoms with Crippen molar-refractivity contribution in [3.05, 3.63) is 82.6 Å². The minimum absolute atomic E-state index is 0.112. The zero-order valence-electron chi connectivity index (χ0n) is 12.1. The molecule has 2 unspecified atom stereocenters. The lowest BCUT2D eigenvalue weighted by molar-refractivity contribution is 0.697. The van der Waals surface area contributed by atoms with Crippen molar-refractivity contribution in [3.8, 4) is 6.07 Å². The van der Waals surface area contributed by atoms with E-state index in [9.17, 15) is 5.26 Å². The number of nitriles is 1. The van der Waals surface area contributed by atoms with E-state index in [1.54, 1.807) is 0 Å². The van der Waals surface area contributed by atoms with E-state index in [-0.39, 0.29) is 11.8 Å². The van der Waals surface area contributed by atoms with Crippen LogP contribution in [-0.2, 0) is 0 Å². The molecule has 2 heteroatoms. The molecule has 2 nitrogen and oxygen atoms in total. The van der Waals surface area contributed by atoms with Crippen molar-refractivity contribution >= 4 is 0 Å². The first-order valence-electron chi connectivity index (χ1n) is 7.22. The summed E-state index contributed by atoms with van der Waals surface area (Å²) in [6.07, 6.45) is 0.877. The standard InChI is InChI=1S/C19H18N2/c1-13-7-9-15(10-8-13)16-11-17(19(21)18(16)12-20)14-5-3-2-4-6-14/h2-10,16-17H,11,21H2,1H3. The minimum atomic E-state index is 0.112. The summed E-state index contributed by atoms with van der Waals surface area (Å²) < 4.78 is 0. The fourth-order valence-electron chi connectivity index (χ4n) is 3.11. The molecular weight excluding hydrogens is 256 g/mol. The molecule has 21 heavy (non-hydrogen) atoms. The van der Waals surface area contributed by atoms with Gasteiger partial charge in [-0.15, -0.1) is 0 Å². The van der Waals surface area contributed by atoms with Crippen molar-refractivity contribution in [1.82, 2.24) is 0 Å². The number of aryl methyl sites for hydroxylation is 1. The molecule has 104 valence electrons. The average molecular weight is 274 g/mol. The van der Waals surface area contributed by atoms with Crippen LogP contribution in [0.1, 0.15) is 34.9 Å². The van der Waals surface area contributed by atoms with Crippen LogP contribution in [0.3, 0.4) is 0 Å². The molecule has 0 spiro atoms. The van der Waals surface area contributed by atoms with Crippen molar-refractivity contribution in [2.75, 3.05) is 0 Å². The van der Waals surface area contributed by atoms with Gasteiger partial charge in [0.1, 0.15) is 0 Å². The summed E-state index contributed by atoms with van der Waals surface area (Å²) >= 11 is 0.